The molecule has 1 aliphatic heterocycles. The summed E-state index contributed by atoms with van der Waals surface area (Å²) in [4.78, 5) is 4.02. The Bertz CT molecular complexity index is 279. The maximum Gasteiger partial charge on any atom is 0.238 e. The first-order valence-corrected chi connectivity index (χ1v) is 3.27. The van der Waals surface area contributed by atoms with Crippen molar-refractivity contribution in [2.24, 2.45) is 5.84 Å². The molecular formula is C5H10N6. The number of hydrogen-bond donors (Lipinski definition) is 2. The summed E-state index contributed by atoms with van der Waals surface area (Å²) in [6.45, 7) is 0.664. The van der Waals surface area contributed by atoms with E-state index in [2.05, 4.69) is 4.98 Å². The summed E-state index contributed by atoms with van der Waals surface area (Å²) in [7, 11) is 1.87. The smallest absolute Gasteiger partial charge is 0.238 e. The molecule has 1 aromatic heterocycles. The molecule has 0 aromatic carbocycles. The van der Waals surface area contributed by atoms with Gasteiger partial charge in [0.2, 0.25) is 5.95 Å². The van der Waals surface area contributed by atoms with Gasteiger partial charge in [-0.1, -0.05) is 0 Å². The Morgan fingerprint density at radius 3 is 3.00 bits per heavy atom. The molecule has 2 heterocycles. The van der Waals surface area contributed by atoms with Crippen LogP contribution in [0.4, 0.5) is 11.8 Å². The van der Waals surface area contributed by atoms with E-state index >= 15 is 0 Å². The van der Waals surface area contributed by atoms with E-state index in [-0.39, 0.29) is 0 Å². The SMILES string of the molecule is CN1Cn2c(N)cnc2N1N. The van der Waals surface area contributed by atoms with Crippen molar-refractivity contribution >= 4 is 11.8 Å². The first-order chi connectivity index (χ1) is 5.20. The Balaban J connectivity index is 2.47. The molecule has 0 saturated heterocycles. The Labute approximate surface area is 63.9 Å². The summed E-state index contributed by atoms with van der Waals surface area (Å²) in [6.07, 6.45) is 1.60. The molecule has 0 unspecified atom stereocenters. The fourth-order valence-corrected chi connectivity index (χ4v) is 1.13. The second-order valence-corrected chi connectivity index (χ2v) is 2.55. The molecule has 6 heteroatoms. The first-order valence-electron chi connectivity index (χ1n) is 3.27. The highest BCUT2D eigenvalue weighted by molar-refractivity contribution is 5.42. The maximum absolute atomic E-state index is 5.62. The van der Waals surface area contributed by atoms with Gasteiger partial charge < -0.3 is 5.73 Å². The number of nitrogens with two attached hydrogens (primary N) is 2. The van der Waals surface area contributed by atoms with Crippen LogP contribution in [0.15, 0.2) is 6.20 Å². The van der Waals surface area contributed by atoms with Gasteiger partial charge in [0, 0.05) is 7.05 Å². The number of nitrogens with zero attached hydrogens (tertiary/aromatic N) is 4. The monoisotopic (exact) mass is 154 g/mol. The van der Waals surface area contributed by atoms with Crippen LogP contribution in [-0.4, -0.2) is 21.6 Å². The Morgan fingerprint density at radius 1 is 1.64 bits per heavy atom. The van der Waals surface area contributed by atoms with Crippen LogP contribution in [0.25, 0.3) is 0 Å². The van der Waals surface area contributed by atoms with Crippen LogP contribution in [-0.2, 0) is 6.67 Å². The zero-order chi connectivity index (χ0) is 8.01. The van der Waals surface area contributed by atoms with Crippen LogP contribution >= 0.6 is 0 Å². The van der Waals surface area contributed by atoms with E-state index in [1.165, 1.54) is 5.12 Å². The highest BCUT2D eigenvalue weighted by Crippen LogP contribution is 2.22. The Kier molecular flexibility index (Phi) is 1.09. The van der Waals surface area contributed by atoms with Crippen LogP contribution in [0.1, 0.15) is 0 Å². The zero-order valence-electron chi connectivity index (χ0n) is 6.23. The Morgan fingerprint density at radius 2 is 2.36 bits per heavy atom. The third kappa shape index (κ3) is 0.702. The summed E-state index contributed by atoms with van der Waals surface area (Å²) < 4.78 is 1.83. The van der Waals surface area contributed by atoms with Gasteiger partial charge in [-0.15, -0.1) is 0 Å². The molecule has 4 N–H and O–H groups in total. The molecule has 11 heavy (non-hydrogen) atoms. The quantitative estimate of drug-likeness (QED) is 0.467. The van der Waals surface area contributed by atoms with E-state index in [4.69, 9.17) is 11.6 Å². The summed E-state index contributed by atoms with van der Waals surface area (Å²) in [5.74, 6) is 6.95. The van der Waals surface area contributed by atoms with Crippen molar-refractivity contribution in [2.75, 3.05) is 17.9 Å². The molecule has 0 atom stereocenters. The third-order valence-electron chi connectivity index (χ3n) is 1.78. The molecule has 1 aromatic rings. The van der Waals surface area contributed by atoms with Crippen molar-refractivity contribution in [1.82, 2.24) is 14.6 Å². The first kappa shape index (κ1) is 6.44. The van der Waals surface area contributed by atoms with Crippen LogP contribution in [0, 0.1) is 0 Å². The van der Waals surface area contributed by atoms with Crippen LogP contribution in [0.3, 0.4) is 0 Å². The topological polar surface area (TPSA) is 76.3 Å². The van der Waals surface area contributed by atoms with Gasteiger partial charge in [-0.3, -0.25) is 4.57 Å². The molecule has 6 nitrogen and oxygen atoms in total. The number of imidazole rings is 1. The number of nitrogen functional groups attached to an aromatic ring is 1. The second-order valence-electron chi connectivity index (χ2n) is 2.55. The van der Waals surface area contributed by atoms with E-state index in [0.717, 1.165) is 0 Å². The molecule has 0 aliphatic carbocycles. The lowest BCUT2D eigenvalue weighted by Crippen LogP contribution is -2.40. The lowest BCUT2D eigenvalue weighted by Gasteiger charge is -2.16. The van der Waals surface area contributed by atoms with Gasteiger partial charge in [-0.2, -0.15) is 5.01 Å². The second kappa shape index (κ2) is 1.86. The summed E-state index contributed by atoms with van der Waals surface area (Å²) >= 11 is 0. The average Bonchev–Trinajstić information content (AvgIpc) is 2.43. The summed E-state index contributed by atoms with van der Waals surface area (Å²) in [6, 6.07) is 0. The highest BCUT2D eigenvalue weighted by Gasteiger charge is 2.24. The third-order valence-corrected chi connectivity index (χ3v) is 1.78. The molecule has 0 bridgehead atoms. The maximum atomic E-state index is 5.62. The zero-order valence-corrected chi connectivity index (χ0v) is 6.23. The largest absolute Gasteiger partial charge is 0.384 e. The van der Waals surface area contributed by atoms with Crippen molar-refractivity contribution in [3.63, 3.8) is 0 Å². The molecule has 0 amide bonds. The predicted octanol–water partition coefficient (Wildman–Crippen LogP) is -1.04. The predicted molar refractivity (Wildman–Crippen MR) is 41.1 cm³/mol. The van der Waals surface area contributed by atoms with E-state index < -0.39 is 0 Å². The molecule has 0 spiro atoms. The summed E-state index contributed by atoms with van der Waals surface area (Å²) in [5.41, 5.74) is 5.61. The lowest BCUT2D eigenvalue weighted by molar-refractivity contribution is 0.296. The lowest BCUT2D eigenvalue weighted by atomic mass is 10.7. The Hall–Kier alpha value is -1.27. The normalized spacial score (nSPS) is 17.5. The number of hydrazine groups is 2. The van der Waals surface area contributed by atoms with Gasteiger partial charge in [-0.05, 0) is 0 Å². The van der Waals surface area contributed by atoms with Crippen LogP contribution < -0.4 is 16.7 Å². The summed E-state index contributed by atoms with van der Waals surface area (Å²) in [5, 5.41) is 3.29. The molecule has 0 saturated carbocycles. The van der Waals surface area contributed by atoms with Crippen molar-refractivity contribution in [1.29, 1.82) is 0 Å². The van der Waals surface area contributed by atoms with Gasteiger partial charge in [0.05, 0.1) is 12.9 Å². The average molecular weight is 154 g/mol. The fourth-order valence-electron chi connectivity index (χ4n) is 1.13. The van der Waals surface area contributed by atoms with Gasteiger partial charge in [0.15, 0.2) is 0 Å². The van der Waals surface area contributed by atoms with Gasteiger partial charge in [-0.25, -0.2) is 15.9 Å². The van der Waals surface area contributed by atoms with E-state index in [9.17, 15) is 0 Å². The van der Waals surface area contributed by atoms with Crippen molar-refractivity contribution < 1.29 is 0 Å². The van der Waals surface area contributed by atoms with E-state index in [0.29, 0.717) is 18.4 Å². The van der Waals surface area contributed by atoms with Gasteiger partial charge >= 0.3 is 0 Å². The highest BCUT2D eigenvalue weighted by atomic mass is 15.8. The molecule has 1 aliphatic rings. The number of aromatic nitrogens is 2. The number of anilines is 2. The minimum absolute atomic E-state index is 0.639. The minimum atomic E-state index is 0.639. The minimum Gasteiger partial charge on any atom is -0.384 e. The van der Waals surface area contributed by atoms with Crippen molar-refractivity contribution in [3.8, 4) is 0 Å². The molecule has 0 fully saturated rings. The molecule has 60 valence electrons. The molecule has 2 rings (SSSR count). The van der Waals surface area contributed by atoms with Crippen LogP contribution in [0.2, 0.25) is 0 Å². The van der Waals surface area contributed by atoms with Crippen molar-refractivity contribution in [2.45, 2.75) is 6.67 Å². The molecule has 0 radical (unpaired) electrons. The standard InChI is InChI=1S/C5H10N6/c1-9-3-10-4(6)2-8-5(10)11(9)7/h2H,3,6-7H2,1H3. The van der Waals surface area contributed by atoms with Gasteiger partial charge in [0.1, 0.15) is 5.82 Å². The van der Waals surface area contributed by atoms with E-state index in [1.54, 1.807) is 6.20 Å². The number of hydrogen-bond acceptors (Lipinski definition) is 5. The van der Waals surface area contributed by atoms with E-state index in [1.807, 2.05) is 16.6 Å². The fraction of sp³-hybridized carbons (Fsp3) is 0.400. The van der Waals surface area contributed by atoms with Gasteiger partial charge in [0.25, 0.3) is 0 Å². The van der Waals surface area contributed by atoms with Crippen molar-refractivity contribution in [3.05, 3.63) is 6.20 Å². The van der Waals surface area contributed by atoms with Crippen LogP contribution in [0.5, 0.6) is 0 Å². The number of fused-ring (bicyclic) bond motifs is 1. The number of rotatable bonds is 0. The molecular weight excluding hydrogens is 144 g/mol.